The summed E-state index contributed by atoms with van der Waals surface area (Å²) in [6, 6.07) is 17.8. The standard InChI is InChI=1S/C21H22N4OS/c1-3-4-13-25-20(16-9-11-19(26-2)12-10-16)23-24-21(25)27-15-18-8-6-5-7-17(18)14-22/h5-12H,3-4,13,15H2,1-2H3. The molecular formula is C21H22N4OS. The Balaban J connectivity index is 1.86. The largest absolute Gasteiger partial charge is 0.497 e. The van der Waals surface area contributed by atoms with Crippen molar-refractivity contribution in [2.24, 2.45) is 0 Å². The summed E-state index contributed by atoms with van der Waals surface area (Å²) in [5, 5.41) is 19.0. The predicted molar refractivity (Wildman–Crippen MR) is 108 cm³/mol. The smallest absolute Gasteiger partial charge is 0.191 e. The summed E-state index contributed by atoms with van der Waals surface area (Å²) in [6.45, 7) is 3.04. The monoisotopic (exact) mass is 378 g/mol. The number of nitrogens with zero attached hydrogens (tertiary/aromatic N) is 4. The van der Waals surface area contributed by atoms with E-state index in [1.807, 2.05) is 48.5 Å². The van der Waals surface area contributed by atoms with E-state index in [1.54, 1.807) is 18.9 Å². The van der Waals surface area contributed by atoms with Gasteiger partial charge in [-0.1, -0.05) is 43.3 Å². The van der Waals surface area contributed by atoms with Gasteiger partial charge in [0.1, 0.15) is 5.75 Å². The normalized spacial score (nSPS) is 10.6. The summed E-state index contributed by atoms with van der Waals surface area (Å²) in [4.78, 5) is 0. The van der Waals surface area contributed by atoms with E-state index in [0.717, 1.165) is 47.2 Å². The quantitative estimate of drug-likeness (QED) is 0.521. The Labute approximate surface area is 164 Å². The van der Waals surface area contributed by atoms with E-state index >= 15 is 0 Å². The topological polar surface area (TPSA) is 63.7 Å². The third kappa shape index (κ3) is 4.50. The third-order valence-electron chi connectivity index (χ3n) is 4.29. The first kappa shape index (κ1) is 19.0. The van der Waals surface area contributed by atoms with Gasteiger partial charge in [-0.25, -0.2) is 0 Å². The Kier molecular flexibility index (Phi) is 6.50. The maximum Gasteiger partial charge on any atom is 0.191 e. The minimum atomic E-state index is 0.691. The maximum atomic E-state index is 9.28. The molecular weight excluding hydrogens is 356 g/mol. The van der Waals surface area contributed by atoms with Gasteiger partial charge in [-0.15, -0.1) is 10.2 Å². The van der Waals surface area contributed by atoms with Gasteiger partial charge < -0.3 is 9.30 Å². The summed E-state index contributed by atoms with van der Waals surface area (Å²) in [6.07, 6.45) is 2.16. The summed E-state index contributed by atoms with van der Waals surface area (Å²) >= 11 is 1.62. The highest BCUT2D eigenvalue weighted by atomic mass is 32.2. The van der Waals surface area contributed by atoms with Gasteiger partial charge in [-0.3, -0.25) is 0 Å². The summed E-state index contributed by atoms with van der Waals surface area (Å²) < 4.78 is 7.41. The molecule has 0 unspecified atom stereocenters. The highest BCUT2D eigenvalue weighted by molar-refractivity contribution is 7.98. The number of benzene rings is 2. The third-order valence-corrected chi connectivity index (χ3v) is 5.31. The molecule has 5 nitrogen and oxygen atoms in total. The molecule has 0 radical (unpaired) electrons. The minimum absolute atomic E-state index is 0.691. The van der Waals surface area contributed by atoms with Crippen molar-refractivity contribution in [1.29, 1.82) is 5.26 Å². The molecule has 0 aliphatic heterocycles. The fraction of sp³-hybridized carbons (Fsp3) is 0.286. The van der Waals surface area contributed by atoms with E-state index in [9.17, 15) is 5.26 Å². The van der Waals surface area contributed by atoms with Crippen molar-refractivity contribution in [2.75, 3.05) is 7.11 Å². The molecule has 138 valence electrons. The van der Waals surface area contributed by atoms with Crippen LogP contribution < -0.4 is 4.74 Å². The van der Waals surface area contributed by atoms with Crippen LogP contribution in [0, 0.1) is 11.3 Å². The number of ether oxygens (including phenoxy) is 1. The van der Waals surface area contributed by atoms with Gasteiger partial charge in [0, 0.05) is 17.9 Å². The molecule has 1 heterocycles. The van der Waals surface area contributed by atoms with Gasteiger partial charge in [-0.2, -0.15) is 5.26 Å². The van der Waals surface area contributed by atoms with Crippen LogP contribution in [0.3, 0.4) is 0 Å². The SMILES string of the molecule is CCCCn1c(SCc2ccccc2C#N)nnc1-c1ccc(OC)cc1. The van der Waals surface area contributed by atoms with Crippen LogP contribution >= 0.6 is 11.8 Å². The number of rotatable bonds is 8. The van der Waals surface area contributed by atoms with Gasteiger partial charge in [0.2, 0.25) is 0 Å². The van der Waals surface area contributed by atoms with Gasteiger partial charge in [0.05, 0.1) is 18.7 Å². The zero-order chi connectivity index (χ0) is 19.1. The van der Waals surface area contributed by atoms with Crippen molar-refractivity contribution in [2.45, 2.75) is 37.2 Å². The molecule has 0 saturated carbocycles. The van der Waals surface area contributed by atoms with E-state index in [0.29, 0.717) is 11.3 Å². The second-order valence-electron chi connectivity index (χ2n) is 6.10. The molecule has 0 amide bonds. The molecule has 3 rings (SSSR count). The van der Waals surface area contributed by atoms with Crippen LogP contribution in [0.25, 0.3) is 11.4 Å². The predicted octanol–water partition coefficient (Wildman–Crippen LogP) is 4.92. The number of aromatic nitrogens is 3. The van der Waals surface area contributed by atoms with Crippen molar-refractivity contribution in [3.05, 3.63) is 59.7 Å². The van der Waals surface area contributed by atoms with Crippen LogP contribution in [-0.2, 0) is 12.3 Å². The fourth-order valence-electron chi connectivity index (χ4n) is 2.76. The Hall–Kier alpha value is -2.78. The maximum absolute atomic E-state index is 9.28. The van der Waals surface area contributed by atoms with Gasteiger partial charge in [-0.05, 0) is 42.3 Å². The average molecular weight is 379 g/mol. The van der Waals surface area contributed by atoms with Crippen molar-refractivity contribution in [1.82, 2.24) is 14.8 Å². The minimum Gasteiger partial charge on any atom is -0.497 e. The lowest BCUT2D eigenvalue weighted by molar-refractivity contribution is 0.415. The second kappa shape index (κ2) is 9.24. The molecule has 3 aromatic rings. The Morgan fingerprint density at radius 3 is 2.59 bits per heavy atom. The van der Waals surface area contributed by atoms with E-state index in [1.165, 1.54) is 0 Å². The molecule has 0 saturated heterocycles. The van der Waals surface area contributed by atoms with Crippen LogP contribution in [-0.4, -0.2) is 21.9 Å². The number of unbranched alkanes of at least 4 members (excludes halogenated alkanes) is 1. The average Bonchev–Trinajstić information content (AvgIpc) is 3.13. The van der Waals surface area contributed by atoms with Crippen LogP contribution in [0.15, 0.2) is 53.7 Å². The molecule has 0 aliphatic rings. The number of methoxy groups -OCH3 is 1. The Morgan fingerprint density at radius 1 is 1.11 bits per heavy atom. The van der Waals surface area contributed by atoms with E-state index < -0.39 is 0 Å². The van der Waals surface area contributed by atoms with Gasteiger partial charge in [0.15, 0.2) is 11.0 Å². The van der Waals surface area contributed by atoms with Crippen molar-refractivity contribution >= 4 is 11.8 Å². The van der Waals surface area contributed by atoms with Crippen LogP contribution in [0.2, 0.25) is 0 Å². The first-order valence-electron chi connectivity index (χ1n) is 8.95. The first-order valence-corrected chi connectivity index (χ1v) is 9.93. The first-order chi connectivity index (χ1) is 13.3. The van der Waals surface area contributed by atoms with Crippen molar-refractivity contribution < 1.29 is 4.74 Å². The molecule has 0 bridgehead atoms. The Bertz CT molecular complexity index is 928. The summed E-state index contributed by atoms with van der Waals surface area (Å²) in [7, 11) is 1.66. The lowest BCUT2D eigenvalue weighted by Gasteiger charge is -2.10. The van der Waals surface area contributed by atoms with Crippen LogP contribution in [0.4, 0.5) is 0 Å². The molecule has 0 atom stereocenters. The molecule has 0 spiro atoms. The second-order valence-corrected chi connectivity index (χ2v) is 7.04. The zero-order valence-electron chi connectivity index (χ0n) is 15.6. The summed E-state index contributed by atoms with van der Waals surface area (Å²) in [5.41, 5.74) is 2.74. The number of nitriles is 1. The van der Waals surface area contributed by atoms with Crippen LogP contribution in [0.1, 0.15) is 30.9 Å². The highest BCUT2D eigenvalue weighted by Gasteiger charge is 2.15. The molecule has 0 N–H and O–H groups in total. The lowest BCUT2D eigenvalue weighted by atomic mass is 10.1. The fourth-order valence-corrected chi connectivity index (χ4v) is 3.73. The van der Waals surface area contributed by atoms with Gasteiger partial charge >= 0.3 is 0 Å². The molecule has 1 aromatic heterocycles. The summed E-state index contributed by atoms with van der Waals surface area (Å²) in [5.74, 6) is 2.37. The van der Waals surface area contributed by atoms with E-state index in [-0.39, 0.29) is 0 Å². The number of hydrogen-bond acceptors (Lipinski definition) is 5. The van der Waals surface area contributed by atoms with Crippen molar-refractivity contribution in [3.8, 4) is 23.2 Å². The number of thioether (sulfide) groups is 1. The highest BCUT2D eigenvalue weighted by Crippen LogP contribution is 2.28. The van der Waals surface area contributed by atoms with Crippen molar-refractivity contribution in [3.63, 3.8) is 0 Å². The zero-order valence-corrected chi connectivity index (χ0v) is 16.4. The lowest BCUT2D eigenvalue weighted by Crippen LogP contribution is -2.03. The molecule has 6 heteroatoms. The van der Waals surface area contributed by atoms with E-state index in [2.05, 4.69) is 27.8 Å². The number of hydrogen-bond donors (Lipinski definition) is 0. The molecule has 2 aromatic carbocycles. The Morgan fingerprint density at radius 2 is 1.89 bits per heavy atom. The molecule has 27 heavy (non-hydrogen) atoms. The van der Waals surface area contributed by atoms with Gasteiger partial charge in [0.25, 0.3) is 0 Å². The van der Waals surface area contributed by atoms with Crippen LogP contribution in [0.5, 0.6) is 5.75 Å². The molecule has 0 aliphatic carbocycles. The van der Waals surface area contributed by atoms with E-state index in [4.69, 9.17) is 4.74 Å². The molecule has 0 fully saturated rings.